The van der Waals surface area contributed by atoms with Crippen molar-refractivity contribution in [3.05, 3.63) is 117 Å². The number of aromatic amines is 3. The molecule has 406 valence electrons. The molecule has 0 aromatic carbocycles. The van der Waals surface area contributed by atoms with E-state index in [1.165, 1.54) is 84.6 Å². The van der Waals surface area contributed by atoms with E-state index in [-0.39, 0.29) is 128 Å². The van der Waals surface area contributed by atoms with E-state index in [4.69, 9.17) is 34.9 Å². The van der Waals surface area contributed by atoms with E-state index in [0.29, 0.717) is 17.8 Å². The SMILES string of the molecule is C[C-]1C(C)(O)C(CO)OC1(C)n1ccc(=O)[nH]c1=O.C[C-]1C(C)(O)C(COP(=O)(O)O)OC1(C)n1ccc(=O)[nH]c1=O.Cc1cn(C2(C)OC(C)(COP(=O)(O)O)C(C)(O)[C-]2C)c(=O)[nH]c1=O.[3H-].[3H]S.[K+].[W].[W].[W]. The van der Waals surface area contributed by atoms with Gasteiger partial charge in [0.15, 0.2) is 0 Å². The van der Waals surface area contributed by atoms with Crippen LogP contribution in [0.1, 0.15) is 76.2 Å². The Balaban J connectivity index is -0.000000979. The molecule has 0 spiro atoms. The summed E-state index contributed by atoms with van der Waals surface area (Å²) >= 11 is 2.78. The van der Waals surface area contributed by atoms with Gasteiger partial charge in [-0.15, -0.1) is 0 Å². The van der Waals surface area contributed by atoms with Gasteiger partial charge in [0.25, 0.3) is 16.7 Å². The van der Waals surface area contributed by atoms with Crippen molar-refractivity contribution in [3.63, 3.8) is 0 Å². The molecule has 0 saturated carbocycles. The topological polar surface area (TPSA) is 407 Å². The summed E-state index contributed by atoms with van der Waals surface area (Å²) in [6.07, 6.45) is 1.86. The molecule has 72 heavy (non-hydrogen) atoms. The van der Waals surface area contributed by atoms with Crippen molar-refractivity contribution in [2.45, 2.75) is 128 Å². The Labute approximate surface area is 506 Å². The molecule has 27 nitrogen and oxygen atoms in total. The molecule has 3 aliphatic heterocycles. The molecular formula is C38H60KN6O21P2SW3-3. The number of nitrogens with one attached hydrogen (secondary N) is 3. The Morgan fingerprint density at radius 3 is 1.46 bits per heavy atom. The first kappa shape index (κ1) is 72.0. The second-order valence-electron chi connectivity index (χ2n) is 17.4. The number of aliphatic hydroxyl groups is 4. The van der Waals surface area contributed by atoms with Gasteiger partial charge in [-0.05, 0) is 51.4 Å². The maximum Gasteiger partial charge on any atom is 1.00 e. The number of aryl methyl sites for hydroxylation is 1. The van der Waals surface area contributed by atoms with Crippen LogP contribution in [-0.2, 0) is 113 Å². The van der Waals surface area contributed by atoms with Gasteiger partial charge in [0.05, 0.1) is 38.8 Å². The van der Waals surface area contributed by atoms with E-state index >= 15 is 0 Å². The molecular weight excluding hydrogens is 1560 g/mol. The number of phosphoric acid groups is 2. The largest absolute Gasteiger partial charge is 1.00 e. The molecule has 3 aromatic rings. The Hall–Kier alpha value is 0.0313. The Morgan fingerprint density at radius 2 is 1.08 bits per heavy atom. The van der Waals surface area contributed by atoms with Gasteiger partial charge in [-0.1, -0.05) is 20.8 Å². The fourth-order valence-electron chi connectivity index (χ4n) is 7.89. The molecule has 3 fully saturated rings. The first-order chi connectivity index (χ1) is 31.2. The molecule has 3 saturated heterocycles. The molecule has 0 amide bonds. The van der Waals surface area contributed by atoms with E-state index in [0.717, 1.165) is 15.2 Å². The van der Waals surface area contributed by atoms with E-state index in [2.05, 4.69) is 37.4 Å². The third-order valence-corrected chi connectivity index (χ3v) is 14.0. The van der Waals surface area contributed by atoms with Gasteiger partial charge in [0, 0.05) is 117 Å². The number of phosphoric ester groups is 2. The van der Waals surface area contributed by atoms with E-state index in [9.17, 15) is 58.3 Å². The number of aromatic nitrogens is 6. The average Bonchev–Trinajstić information content (AvgIpc) is 3.59. The van der Waals surface area contributed by atoms with Gasteiger partial charge in [-0.3, -0.25) is 52.1 Å². The fourth-order valence-corrected chi connectivity index (χ4v) is 8.64. The fraction of sp³-hybridized carbons (Fsp3) is 0.605. The van der Waals surface area contributed by atoms with Gasteiger partial charge >= 0.3 is 84.1 Å². The number of rotatable bonds is 10. The molecule has 9 unspecified atom stereocenters. The standard InChI is InChI=1S/C14H22N2O8P.C12H18N2O8P.C12H17N2O5.K.H2S.3W.H/c1-8-6-16(11(18)15-10(8)17)14(5)9(2)13(4,19)12(3,24-14)7-23-25(20,21)22;1-7-11(2,17)8(6-21-23(18,19)20)22-12(7,3)14-5-4-9(15)13-10(14)16;1-7-11(2,18)8(6-15)19-12(7,3)14-5-4-9(16)13-10(14)17;;;;;;/h6,19H,7H2,1-5H3,(H,15,17,18)(H2,20,21,22);4-5,8,17H,6H2,1-3H3,(H,13,15,16)(H2,18,19,20);4-5,8,15,18H,6H2,1-3H3,(H,13,16,17);;1H2;;;;/q3*-1;+1;;;;;-1/i;;;;;;;;1+2/hT. The van der Waals surface area contributed by atoms with Crippen LogP contribution in [0.5, 0.6) is 0 Å². The number of hydrogen-bond acceptors (Lipinski definition) is 17. The van der Waals surface area contributed by atoms with Crippen LogP contribution >= 0.6 is 29.0 Å². The third-order valence-electron chi connectivity index (χ3n) is 13.0. The van der Waals surface area contributed by atoms with Gasteiger partial charge in [0.2, 0.25) is 0 Å². The molecule has 3 aliphatic rings. The molecule has 3 aromatic heterocycles. The summed E-state index contributed by atoms with van der Waals surface area (Å²) < 4.78 is 56.8. The van der Waals surface area contributed by atoms with Crippen molar-refractivity contribution >= 4 is 29.0 Å². The first-order valence-corrected chi connectivity index (χ1v) is 23.1. The van der Waals surface area contributed by atoms with Crippen molar-refractivity contribution in [3.8, 4) is 0 Å². The molecule has 9 atom stereocenters. The molecule has 0 aliphatic carbocycles. The maximum atomic E-state index is 12.2. The van der Waals surface area contributed by atoms with E-state index in [1.807, 2.05) is 0 Å². The van der Waals surface area contributed by atoms with Gasteiger partial charge in [0.1, 0.15) is 0 Å². The minimum absolute atomic E-state index is 0. The van der Waals surface area contributed by atoms with Crippen LogP contribution in [0, 0.1) is 24.7 Å². The molecule has 6 rings (SSSR count). The number of nitrogens with zero attached hydrogens (tertiary/aromatic N) is 3. The first-order valence-electron chi connectivity index (χ1n) is 20.5. The van der Waals surface area contributed by atoms with Crippen LogP contribution in [0.15, 0.2) is 59.5 Å². The van der Waals surface area contributed by atoms with E-state index < -0.39 is 114 Å². The zero-order chi connectivity index (χ0) is 53.5. The second kappa shape index (κ2) is 26.3. The van der Waals surface area contributed by atoms with Crippen molar-refractivity contribution < 1.29 is 188 Å². The summed E-state index contributed by atoms with van der Waals surface area (Å²) in [6, 6.07) is 2.32. The summed E-state index contributed by atoms with van der Waals surface area (Å²) in [6.45, 7) is 15.0. The van der Waals surface area contributed by atoms with Crippen molar-refractivity contribution in [1.29, 1.82) is 1.12 Å². The Morgan fingerprint density at radius 1 is 0.694 bits per heavy atom. The predicted octanol–water partition coefficient (Wildman–Crippen LogP) is -5.01. The van der Waals surface area contributed by atoms with Crippen LogP contribution in [0.3, 0.4) is 0 Å². The number of H-pyrrole nitrogens is 3. The summed E-state index contributed by atoms with van der Waals surface area (Å²) in [5, 5.41) is 41.1. The normalized spacial score (nSPS) is 31.6. The third kappa shape index (κ3) is 15.2. The van der Waals surface area contributed by atoms with Gasteiger partial charge in [-0.2, -0.15) is 34.2 Å². The Bertz CT molecular complexity index is 2810. The number of hydrogen-bond donors (Lipinski definition) is 11. The summed E-state index contributed by atoms with van der Waals surface area (Å²) in [4.78, 5) is 112. The summed E-state index contributed by atoms with van der Waals surface area (Å²) in [7, 11) is -9.53. The summed E-state index contributed by atoms with van der Waals surface area (Å²) in [5.41, 5.74) is -13.8. The van der Waals surface area contributed by atoms with E-state index in [1.54, 1.807) is 20.8 Å². The number of ether oxygens (including phenoxy) is 3. The monoisotopic (exact) mass is 1630 g/mol. The minimum Gasteiger partial charge on any atom is -1.00 e. The molecule has 0 bridgehead atoms. The van der Waals surface area contributed by atoms with Crippen LogP contribution in [0.4, 0.5) is 0 Å². The average molecular weight is 1630 g/mol. The minimum atomic E-state index is -4.79. The van der Waals surface area contributed by atoms with Crippen LogP contribution in [-0.4, -0.2) is 124 Å². The van der Waals surface area contributed by atoms with Crippen molar-refractivity contribution in [1.82, 2.24) is 28.7 Å². The van der Waals surface area contributed by atoms with Crippen LogP contribution < -0.4 is 85.1 Å². The van der Waals surface area contributed by atoms with Gasteiger partial charge < -0.3 is 55.6 Å². The molecule has 11 N–H and O–H groups in total. The van der Waals surface area contributed by atoms with Crippen LogP contribution in [0.25, 0.3) is 0 Å². The zero-order valence-corrected chi connectivity index (χ0v) is 55.6. The quantitative estimate of drug-likeness (QED) is 0.0514. The van der Waals surface area contributed by atoms with Gasteiger partial charge in [-0.25, -0.2) is 41.3 Å². The zero-order valence-electron chi connectivity index (χ0n) is 43.0. The van der Waals surface area contributed by atoms with Crippen molar-refractivity contribution in [2.24, 2.45) is 0 Å². The number of aliphatic hydroxyl groups excluding tert-OH is 1. The molecule has 0 radical (unpaired) electrons. The smallest absolute Gasteiger partial charge is 1.00 e. The maximum absolute atomic E-state index is 12.2. The second-order valence-corrected chi connectivity index (χ2v) is 19.9. The molecule has 6 heterocycles. The van der Waals surface area contributed by atoms with Crippen molar-refractivity contribution in [2.75, 3.05) is 19.8 Å². The molecule has 34 heteroatoms. The summed E-state index contributed by atoms with van der Waals surface area (Å²) in [5.74, 6) is 1.11. The predicted molar refractivity (Wildman–Crippen MR) is 242 cm³/mol. The Kier molecular flexibility index (Phi) is 26.3. The van der Waals surface area contributed by atoms with Crippen LogP contribution in [0.2, 0.25) is 0 Å².